The molecule has 0 aromatic heterocycles. The lowest BCUT2D eigenvalue weighted by Gasteiger charge is -2.36. The Balaban J connectivity index is 2.21. The first-order valence-electron chi connectivity index (χ1n) is 6.32. The summed E-state index contributed by atoms with van der Waals surface area (Å²) in [6.45, 7) is 2.19. The normalized spacial score (nSPS) is 28.4. The molecule has 1 fully saturated rings. The van der Waals surface area contributed by atoms with E-state index in [1.807, 2.05) is 0 Å². The zero-order valence-electron chi connectivity index (χ0n) is 10.5. The van der Waals surface area contributed by atoms with Crippen LogP contribution < -0.4 is 5.73 Å². The first kappa shape index (κ1) is 13.9. The van der Waals surface area contributed by atoms with E-state index in [0.29, 0.717) is 10.4 Å². The van der Waals surface area contributed by atoms with Crippen molar-refractivity contribution in [3.8, 4) is 0 Å². The molecular formula is C14H18BrF2N. The molecule has 1 aromatic carbocycles. The molecule has 0 heterocycles. The molecule has 1 aliphatic rings. The van der Waals surface area contributed by atoms with Crippen LogP contribution in [0.25, 0.3) is 0 Å². The van der Waals surface area contributed by atoms with Crippen LogP contribution in [0, 0.1) is 17.6 Å². The summed E-state index contributed by atoms with van der Waals surface area (Å²) in [4.78, 5) is 0. The Kier molecular flexibility index (Phi) is 4.07. The van der Waals surface area contributed by atoms with E-state index in [0.717, 1.165) is 25.7 Å². The van der Waals surface area contributed by atoms with Gasteiger partial charge in [0.2, 0.25) is 0 Å². The third-order valence-corrected chi connectivity index (χ3v) is 4.55. The van der Waals surface area contributed by atoms with E-state index in [-0.39, 0.29) is 12.0 Å². The molecule has 18 heavy (non-hydrogen) atoms. The molecule has 100 valence electrons. The summed E-state index contributed by atoms with van der Waals surface area (Å²) >= 11 is 3.09. The van der Waals surface area contributed by atoms with Crippen LogP contribution in [-0.2, 0) is 6.42 Å². The topological polar surface area (TPSA) is 26.0 Å². The zero-order chi connectivity index (χ0) is 13.3. The second-order valence-electron chi connectivity index (χ2n) is 5.54. The maximum Gasteiger partial charge on any atom is 0.143 e. The predicted molar refractivity (Wildman–Crippen MR) is 72.3 cm³/mol. The van der Waals surface area contributed by atoms with Gasteiger partial charge in [0.25, 0.3) is 0 Å². The molecule has 0 aliphatic heterocycles. The van der Waals surface area contributed by atoms with Crippen molar-refractivity contribution in [3.05, 3.63) is 33.8 Å². The quantitative estimate of drug-likeness (QED) is 0.814. The van der Waals surface area contributed by atoms with Crippen LogP contribution in [-0.4, -0.2) is 5.54 Å². The fourth-order valence-corrected chi connectivity index (χ4v) is 2.97. The molecule has 0 spiro atoms. The molecule has 0 unspecified atom stereocenters. The Labute approximate surface area is 115 Å². The Morgan fingerprint density at radius 3 is 2.56 bits per heavy atom. The van der Waals surface area contributed by atoms with Gasteiger partial charge in [0.15, 0.2) is 0 Å². The van der Waals surface area contributed by atoms with Crippen LogP contribution in [0.4, 0.5) is 8.78 Å². The van der Waals surface area contributed by atoms with Crippen LogP contribution in [0.2, 0.25) is 0 Å². The van der Waals surface area contributed by atoms with Crippen LogP contribution in [0.5, 0.6) is 0 Å². The standard InChI is InChI=1S/C14H18BrF2N/c1-9-4-6-14(18,7-5-9)8-10-12(16)3-2-11(15)13(10)17/h2-3,9H,4-8,18H2,1H3. The Hall–Kier alpha value is -0.480. The van der Waals surface area contributed by atoms with Gasteiger partial charge in [-0.1, -0.05) is 6.92 Å². The van der Waals surface area contributed by atoms with Crippen molar-refractivity contribution in [2.24, 2.45) is 11.7 Å². The molecule has 0 bridgehead atoms. The highest BCUT2D eigenvalue weighted by Gasteiger charge is 2.32. The highest BCUT2D eigenvalue weighted by atomic mass is 79.9. The molecule has 4 heteroatoms. The van der Waals surface area contributed by atoms with E-state index in [9.17, 15) is 8.78 Å². The molecule has 0 saturated heterocycles. The van der Waals surface area contributed by atoms with Gasteiger partial charge in [0.05, 0.1) is 4.47 Å². The number of halogens is 3. The van der Waals surface area contributed by atoms with Gasteiger partial charge in [-0.05, 0) is 66.1 Å². The zero-order valence-corrected chi connectivity index (χ0v) is 12.1. The maximum atomic E-state index is 13.9. The van der Waals surface area contributed by atoms with Crippen molar-refractivity contribution in [2.75, 3.05) is 0 Å². The van der Waals surface area contributed by atoms with Gasteiger partial charge in [-0.2, -0.15) is 0 Å². The van der Waals surface area contributed by atoms with Crippen molar-refractivity contribution in [1.82, 2.24) is 0 Å². The fraction of sp³-hybridized carbons (Fsp3) is 0.571. The molecular weight excluding hydrogens is 300 g/mol. The summed E-state index contributed by atoms with van der Waals surface area (Å²) in [6, 6.07) is 2.68. The van der Waals surface area contributed by atoms with Gasteiger partial charge in [0, 0.05) is 11.1 Å². The molecule has 1 aliphatic carbocycles. The lowest BCUT2D eigenvalue weighted by atomic mass is 9.74. The summed E-state index contributed by atoms with van der Waals surface area (Å²) in [5.74, 6) is -0.350. The molecule has 2 N–H and O–H groups in total. The van der Waals surface area contributed by atoms with Crippen LogP contribution in [0.1, 0.15) is 38.2 Å². The fourth-order valence-electron chi connectivity index (χ4n) is 2.60. The minimum atomic E-state index is -0.515. The Morgan fingerprint density at radius 1 is 1.33 bits per heavy atom. The van der Waals surface area contributed by atoms with E-state index < -0.39 is 17.2 Å². The summed E-state index contributed by atoms with van der Waals surface area (Å²) in [5.41, 5.74) is 5.94. The van der Waals surface area contributed by atoms with Crippen molar-refractivity contribution in [1.29, 1.82) is 0 Å². The smallest absolute Gasteiger partial charge is 0.143 e. The van der Waals surface area contributed by atoms with E-state index >= 15 is 0 Å². The van der Waals surface area contributed by atoms with E-state index in [2.05, 4.69) is 22.9 Å². The van der Waals surface area contributed by atoms with E-state index in [4.69, 9.17) is 5.73 Å². The van der Waals surface area contributed by atoms with Gasteiger partial charge in [-0.15, -0.1) is 0 Å². The van der Waals surface area contributed by atoms with Crippen molar-refractivity contribution < 1.29 is 8.78 Å². The second kappa shape index (κ2) is 5.25. The van der Waals surface area contributed by atoms with Crippen LogP contribution in [0.3, 0.4) is 0 Å². The highest BCUT2D eigenvalue weighted by molar-refractivity contribution is 9.10. The van der Waals surface area contributed by atoms with Crippen LogP contribution in [0.15, 0.2) is 16.6 Å². The van der Waals surface area contributed by atoms with Crippen molar-refractivity contribution in [3.63, 3.8) is 0 Å². The number of rotatable bonds is 2. The van der Waals surface area contributed by atoms with Gasteiger partial charge < -0.3 is 5.73 Å². The van der Waals surface area contributed by atoms with Gasteiger partial charge >= 0.3 is 0 Å². The third kappa shape index (κ3) is 2.91. The molecule has 0 atom stereocenters. The number of hydrogen-bond acceptors (Lipinski definition) is 1. The molecule has 2 rings (SSSR count). The molecule has 0 amide bonds. The maximum absolute atomic E-state index is 13.9. The van der Waals surface area contributed by atoms with E-state index in [1.54, 1.807) is 0 Å². The summed E-state index contributed by atoms with van der Waals surface area (Å²) in [7, 11) is 0. The number of hydrogen-bond donors (Lipinski definition) is 1. The first-order chi connectivity index (χ1) is 8.41. The molecule has 1 nitrogen and oxygen atoms in total. The second-order valence-corrected chi connectivity index (χ2v) is 6.40. The predicted octanol–water partition coefficient (Wildman–Crippen LogP) is 4.18. The average Bonchev–Trinajstić information content (AvgIpc) is 2.34. The molecule has 1 aromatic rings. The van der Waals surface area contributed by atoms with Gasteiger partial charge in [-0.25, -0.2) is 8.78 Å². The Morgan fingerprint density at radius 2 is 1.94 bits per heavy atom. The summed E-state index contributed by atoms with van der Waals surface area (Å²) in [5, 5.41) is 0. The lowest BCUT2D eigenvalue weighted by Crippen LogP contribution is -2.45. The SMILES string of the molecule is CC1CCC(N)(Cc2c(F)ccc(Br)c2F)CC1. The number of nitrogens with two attached hydrogens (primary N) is 1. The minimum absolute atomic E-state index is 0.112. The van der Waals surface area contributed by atoms with E-state index in [1.165, 1.54) is 12.1 Å². The molecule has 0 radical (unpaired) electrons. The largest absolute Gasteiger partial charge is 0.325 e. The minimum Gasteiger partial charge on any atom is -0.325 e. The summed E-state index contributed by atoms with van der Waals surface area (Å²) < 4.78 is 27.9. The lowest BCUT2D eigenvalue weighted by molar-refractivity contribution is 0.240. The van der Waals surface area contributed by atoms with Gasteiger partial charge in [-0.3, -0.25) is 0 Å². The third-order valence-electron chi connectivity index (χ3n) is 3.94. The number of benzene rings is 1. The highest BCUT2D eigenvalue weighted by Crippen LogP contribution is 2.34. The summed E-state index contributed by atoms with van der Waals surface area (Å²) in [6.07, 6.45) is 4.01. The van der Waals surface area contributed by atoms with Crippen molar-refractivity contribution >= 4 is 15.9 Å². The van der Waals surface area contributed by atoms with Crippen LogP contribution >= 0.6 is 15.9 Å². The van der Waals surface area contributed by atoms with Crippen molar-refractivity contribution in [2.45, 2.75) is 44.6 Å². The van der Waals surface area contributed by atoms with Gasteiger partial charge in [0.1, 0.15) is 11.6 Å². The molecule has 1 saturated carbocycles. The average molecular weight is 318 g/mol. The monoisotopic (exact) mass is 317 g/mol. The first-order valence-corrected chi connectivity index (χ1v) is 7.12. The Bertz CT molecular complexity index is 440.